The molecule has 0 saturated carbocycles. The fraction of sp³-hybridized carbons (Fsp3) is 0.455. The maximum Gasteiger partial charge on any atom is 0.310 e. The van der Waals surface area contributed by atoms with Crippen LogP contribution < -0.4 is 4.90 Å². The van der Waals surface area contributed by atoms with Crippen molar-refractivity contribution in [3.05, 3.63) is 24.1 Å². The van der Waals surface area contributed by atoms with Crippen LogP contribution in [-0.4, -0.2) is 31.2 Å². The van der Waals surface area contributed by atoms with Crippen LogP contribution in [0.25, 0.3) is 0 Å². The maximum atomic E-state index is 13.0. The number of methoxy groups -OCH3 is 1. The summed E-state index contributed by atoms with van der Waals surface area (Å²) in [7, 11) is 1.38. The molecule has 0 spiro atoms. The Morgan fingerprint density at radius 2 is 2.41 bits per heavy atom. The molecule has 1 atom stereocenters. The zero-order valence-electron chi connectivity index (χ0n) is 9.52. The highest BCUT2D eigenvalue weighted by molar-refractivity contribution is 7.59. The van der Waals surface area contributed by atoms with Gasteiger partial charge in [-0.05, 0) is 12.5 Å². The summed E-state index contributed by atoms with van der Waals surface area (Å²) in [6.45, 7) is 1.25. The van der Waals surface area contributed by atoms with Crippen molar-refractivity contribution in [1.82, 2.24) is 4.98 Å². The Hall–Kier alpha value is -1.30. The molecule has 0 unspecified atom stereocenters. The summed E-state index contributed by atoms with van der Waals surface area (Å²) in [6.07, 6.45) is 2.15. The number of carbonyl (C=O) groups excluding carboxylic acids is 1. The first-order valence-electron chi connectivity index (χ1n) is 5.15. The molecule has 0 radical (unpaired) electrons. The lowest BCUT2D eigenvalue weighted by Crippen LogP contribution is -2.24. The van der Waals surface area contributed by atoms with Gasteiger partial charge in [0.25, 0.3) is 0 Å². The van der Waals surface area contributed by atoms with Crippen molar-refractivity contribution in [3.63, 3.8) is 0 Å². The van der Waals surface area contributed by atoms with Gasteiger partial charge in [-0.2, -0.15) is 13.5 Å². The number of hydrogen-bond donors (Lipinski definition) is 0. The predicted octanol–water partition coefficient (Wildman–Crippen LogP) is 1.33. The molecule has 2 heterocycles. The minimum absolute atomic E-state index is 0. The van der Waals surface area contributed by atoms with E-state index in [1.807, 2.05) is 4.90 Å². The van der Waals surface area contributed by atoms with Crippen LogP contribution in [0.2, 0.25) is 0 Å². The molecule has 17 heavy (non-hydrogen) atoms. The van der Waals surface area contributed by atoms with Crippen molar-refractivity contribution >= 4 is 25.3 Å². The Kier molecular flexibility index (Phi) is 4.74. The first kappa shape index (κ1) is 13.8. The van der Waals surface area contributed by atoms with E-state index in [0.29, 0.717) is 18.9 Å². The van der Waals surface area contributed by atoms with Crippen LogP contribution in [0.15, 0.2) is 18.3 Å². The summed E-state index contributed by atoms with van der Waals surface area (Å²) in [5, 5.41) is 0. The van der Waals surface area contributed by atoms with E-state index < -0.39 is 0 Å². The van der Waals surface area contributed by atoms with Crippen LogP contribution in [-0.2, 0) is 9.53 Å². The lowest BCUT2D eigenvalue weighted by atomic mass is 10.1. The fourth-order valence-electron chi connectivity index (χ4n) is 1.89. The Labute approximate surface area is 106 Å². The molecule has 1 aliphatic heterocycles. The molecular weight excluding hydrogens is 243 g/mol. The third kappa shape index (κ3) is 3.09. The van der Waals surface area contributed by atoms with Crippen LogP contribution in [0, 0.1) is 11.7 Å². The van der Waals surface area contributed by atoms with Crippen LogP contribution in [0.4, 0.5) is 10.2 Å². The summed E-state index contributed by atoms with van der Waals surface area (Å²) in [4.78, 5) is 17.3. The predicted molar refractivity (Wildman–Crippen MR) is 66.9 cm³/mol. The normalized spacial score (nSPS) is 18.7. The highest BCUT2D eigenvalue weighted by Gasteiger charge is 2.29. The van der Waals surface area contributed by atoms with Crippen LogP contribution in [0.1, 0.15) is 6.42 Å². The Balaban J connectivity index is 0.00000144. The van der Waals surface area contributed by atoms with Crippen molar-refractivity contribution in [2.24, 2.45) is 5.92 Å². The number of halogens is 1. The monoisotopic (exact) mass is 258 g/mol. The minimum atomic E-state index is -0.313. The van der Waals surface area contributed by atoms with E-state index in [1.165, 1.54) is 25.4 Å². The number of nitrogens with zero attached hydrogens (tertiary/aromatic N) is 2. The Morgan fingerprint density at radius 3 is 3.06 bits per heavy atom. The highest BCUT2D eigenvalue weighted by atomic mass is 32.1. The van der Waals surface area contributed by atoms with E-state index in [9.17, 15) is 9.18 Å². The first-order valence-corrected chi connectivity index (χ1v) is 5.15. The van der Waals surface area contributed by atoms with E-state index in [-0.39, 0.29) is 31.2 Å². The Morgan fingerprint density at radius 1 is 1.65 bits per heavy atom. The summed E-state index contributed by atoms with van der Waals surface area (Å²) in [5.74, 6) is -0.0770. The van der Waals surface area contributed by atoms with Crippen LogP contribution >= 0.6 is 13.5 Å². The van der Waals surface area contributed by atoms with Gasteiger partial charge < -0.3 is 9.64 Å². The molecule has 1 fully saturated rings. The SMILES string of the molecule is COC(=O)[C@H]1CCN(c2cc(F)ccn2)C1.S. The van der Waals surface area contributed by atoms with Crippen molar-refractivity contribution in [2.75, 3.05) is 25.1 Å². The number of pyridine rings is 1. The topological polar surface area (TPSA) is 42.4 Å². The molecule has 1 aromatic heterocycles. The second-order valence-electron chi connectivity index (χ2n) is 3.79. The molecular formula is C11H15FN2O2S. The molecule has 94 valence electrons. The first-order chi connectivity index (χ1) is 7.70. The maximum absolute atomic E-state index is 13.0. The van der Waals surface area contributed by atoms with Crippen molar-refractivity contribution in [1.29, 1.82) is 0 Å². The molecule has 0 amide bonds. The second-order valence-corrected chi connectivity index (χ2v) is 3.79. The van der Waals surface area contributed by atoms with E-state index in [2.05, 4.69) is 9.72 Å². The summed E-state index contributed by atoms with van der Waals surface area (Å²) in [5.41, 5.74) is 0. The Bertz CT molecular complexity index is 403. The number of carbonyl (C=O) groups is 1. The number of aromatic nitrogens is 1. The van der Waals surface area contributed by atoms with Gasteiger partial charge in [-0.1, -0.05) is 0 Å². The van der Waals surface area contributed by atoms with Crippen molar-refractivity contribution in [3.8, 4) is 0 Å². The van der Waals surface area contributed by atoms with Gasteiger partial charge in [-0.15, -0.1) is 0 Å². The third-order valence-electron chi connectivity index (χ3n) is 2.75. The minimum Gasteiger partial charge on any atom is -0.469 e. The molecule has 1 saturated heterocycles. The number of ether oxygens (including phenoxy) is 1. The third-order valence-corrected chi connectivity index (χ3v) is 2.75. The van der Waals surface area contributed by atoms with Crippen molar-refractivity contribution < 1.29 is 13.9 Å². The molecule has 0 N–H and O–H groups in total. The quantitative estimate of drug-likeness (QED) is 0.751. The van der Waals surface area contributed by atoms with Gasteiger partial charge in [-0.3, -0.25) is 4.79 Å². The number of hydrogen-bond acceptors (Lipinski definition) is 4. The largest absolute Gasteiger partial charge is 0.469 e. The smallest absolute Gasteiger partial charge is 0.310 e. The van der Waals surface area contributed by atoms with E-state index in [1.54, 1.807) is 0 Å². The second kappa shape index (κ2) is 5.86. The molecule has 2 rings (SSSR count). The molecule has 1 aromatic rings. The van der Waals surface area contributed by atoms with Gasteiger partial charge in [0.05, 0.1) is 13.0 Å². The van der Waals surface area contributed by atoms with Gasteiger partial charge in [0, 0.05) is 25.4 Å². The summed E-state index contributed by atoms with van der Waals surface area (Å²) in [6, 6.07) is 2.68. The average molecular weight is 258 g/mol. The molecule has 4 nitrogen and oxygen atoms in total. The van der Waals surface area contributed by atoms with Gasteiger partial charge in [-0.25, -0.2) is 9.37 Å². The molecule has 0 aromatic carbocycles. The lowest BCUT2D eigenvalue weighted by Gasteiger charge is -2.16. The summed E-state index contributed by atoms with van der Waals surface area (Å²) >= 11 is 0. The molecule has 0 bridgehead atoms. The molecule has 0 aliphatic carbocycles. The molecule has 1 aliphatic rings. The van der Waals surface area contributed by atoms with Crippen molar-refractivity contribution in [2.45, 2.75) is 6.42 Å². The highest BCUT2D eigenvalue weighted by Crippen LogP contribution is 2.23. The van der Waals surface area contributed by atoms with Crippen LogP contribution in [0.3, 0.4) is 0 Å². The van der Waals surface area contributed by atoms with Gasteiger partial charge >= 0.3 is 5.97 Å². The van der Waals surface area contributed by atoms with Gasteiger partial charge in [0.1, 0.15) is 11.6 Å². The standard InChI is InChI=1S/C11H13FN2O2.H2S/c1-16-11(15)8-3-5-14(7-8)10-6-9(12)2-4-13-10;/h2,4,6,8H,3,5,7H2,1H3;1H2/t8-;/m0./s1. The number of anilines is 1. The number of rotatable bonds is 2. The zero-order chi connectivity index (χ0) is 11.5. The average Bonchev–Trinajstić information content (AvgIpc) is 2.77. The lowest BCUT2D eigenvalue weighted by molar-refractivity contribution is -0.144. The number of esters is 1. The van der Waals surface area contributed by atoms with E-state index in [0.717, 1.165) is 6.42 Å². The summed E-state index contributed by atoms with van der Waals surface area (Å²) < 4.78 is 17.7. The van der Waals surface area contributed by atoms with Gasteiger partial charge in [0.2, 0.25) is 0 Å². The molecule has 6 heteroatoms. The fourth-order valence-corrected chi connectivity index (χ4v) is 1.89. The van der Waals surface area contributed by atoms with E-state index >= 15 is 0 Å². The zero-order valence-corrected chi connectivity index (χ0v) is 10.5. The van der Waals surface area contributed by atoms with Gasteiger partial charge in [0.15, 0.2) is 0 Å². The van der Waals surface area contributed by atoms with E-state index in [4.69, 9.17) is 0 Å². The van der Waals surface area contributed by atoms with Crippen LogP contribution in [0.5, 0.6) is 0 Å².